The molecule has 2 rings (SSSR count). The zero-order valence-corrected chi connectivity index (χ0v) is 13.6. The molecule has 0 aliphatic heterocycles. The van der Waals surface area contributed by atoms with Crippen LogP contribution in [-0.2, 0) is 0 Å². The predicted octanol–water partition coefficient (Wildman–Crippen LogP) is 3.41. The van der Waals surface area contributed by atoms with Gasteiger partial charge in [0.05, 0.1) is 26.9 Å². The van der Waals surface area contributed by atoms with Crippen LogP contribution in [0.25, 0.3) is 0 Å². The number of hydrogen-bond acceptors (Lipinski definition) is 4. The number of nitrogens with one attached hydrogen (secondary N) is 1. The van der Waals surface area contributed by atoms with Crippen molar-refractivity contribution in [2.75, 3.05) is 27.9 Å². The molecule has 1 atom stereocenters. The molecule has 0 saturated heterocycles. The zero-order valence-electron chi connectivity index (χ0n) is 13.6. The Morgan fingerprint density at radius 2 is 1.64 bits per heavy atom. The summed E-state index contributed by atoms with van der Waals surface area (Å²) in [5, 5.41) is 3.34. The van der Waals surface area contributed by atoms with Gasteiger partial charge in [0.1, 0.15) is 17.2 Å². The molecule has 118 valence electrons. The van der Waals surface area contributed by atoms with E-state index in [9.17, 15) is 0 Å². The number of methoxy groups -OCH3 is 2. The highest BCUT2D eigenvalue weighted by atomic mass is 16.5. The van der Waals surface area contributed by atoms with Crippen LogP contribution in [0.4, 0.5) is 0 Å². The lowest BCUT2D eigenvalue weighted by Crippen LogP contribution is -2.18. The molecule has 1 unspecified atom stereocenters. The molecule has 2 aromatic rings. The fourth-order valence-corrected chi connectivity index (χ4v) is 2.48. The van der Waals surface area contributed by atoms with E-state index in [4.69, 9.17) is 14.2 Å². The van der Waals surface area contributed by atoms with Crippen LogP contribution in [0.5, 0.6) is 17.2 Å². The minimum absolute atomic E-state index is 0.0385. The van der Waals surface area contributed by atoms with Gasteiger partial charge in [0.2, 0.25) is 0 Å². The summed E-state index contributed by atoms with van der Waals surface area (Å²) in [5.74, 6) is 2.46. The summed E-state index contributed by atoms with van der Waals surface area (Å²) in [7, 11) is 5.25. The van der Waals surface area contributed by atoms with Crippen molar-refractivity contribution in [3.8, 4) is 17.2 Å². The van der Waals surface area contributed by atoms with Gasteiger partial charge in [0, 0.05) is 11.6 Å². The van der Waals surface area contributed by atoms with Gasteiger partial charge in [0.25, 0.3) is 0 Å². The molecule has 0 bridgehead atoms. The van der Waals surface area contributed by atoms with Crippen molar-refractivity contribution in [3.63, 3.8) is 0 Å². The Hall–Kier alpha value is -2.20. The van der Waals surface area contributed by atoms with E-state index in [0.717, 1.165) is 28.4 Å². The summed E-state index contributed by atoms with van der Waals surface area (Å²) in [6.07, 6.45) is 0. The lowest BCUT2D eigenvalue weighted by atomic mass is 9.97. The molecule has 1 N–H and O–H groups in total. The van der Waals surface area contributed by atoms with Crippen molar-refractivity contribution >= 4 is 0 Å². The van der Waals surface area contributed by atoms with E-state index in [1.165, 1.54) is 0 Å². The highest BCUT2D eigenvalue weighted by Gasteiger charge is 2.17. The second-order valence-electron chi connectivity index (χ2n) is 4.83. The molecule has 0 heterocycles. The first kappa shape index (κ1) is 16.2. The number of rotatable bonds is 7. The number of hydrogen-bond donors (Lipinski definition) is 1. The fraction of sp³-hybridized carbons (Fsp3) is 0.333. The Morgan fingerprint density at radius 1 is 0.955 bits per heavy atom. The molecule has 2 aromatic carbocycles. The Labute approximate surface area is 132 Å². The summed E-state index contributed by atoms with van der Waals surface area (Å²) >= 11 is 0. The van der Waals surface area contributed by atoms with E-state index in [1.54, 1.807) is 14.2 Å². The van der Waals surface area contributed by atoms with Crippen molar-refractivity contribution in [3.05, 3.63) is 53.6 Å². The lowest BCUT2D eigenvalue weighted by molar-refractivity contribution is 0.340. The maximum Gasteiger partial charge on any atom is 0.127 e. The fourth-order valence-electron chi connectivity index (χ4n) is 2.48. The van der Waals surface area contributed by atoms with Crippen molar-refractivity contribution < 1.29 is 14.2 Å². The third-order valence-corrected chi connectivity index (χ3v) is 3.56. The standard InChI is InChI=1S/C18H23NO3/c1-5-22-14-8-6-13(7-9-14)18(19-2)16-11-10-15(20-3)12-17(16)21-4/h6-12,18-19H,5H2,1-4H3. The van der Waals surface area contributed by atoms with Gasteiger partial charge in [-0.25, -0.2) is 0 Å². The van der Waals surface area contributed by atoms with Gasteiger partial charge < -0.3 is 19.5 Å². The van der Waals surface area contributed by atoms with Crippen LogP contribution in [0.3, 0.4) is 0 Å². The van der Waals surface area contributed by atoms with Gasteiger partial charge >= 0.3 is 0 Å². The Morgan fingerprint density at radius 3 is 2.18 bits per heavy atom. The van der Waals surface area contributed by atoms with Crippen LogP contribution in [0.2, 0.25) is 0 Å². The SMILES string of the molecule is CCOc1ccc(C(NC)c2ccc(OC)cc2OC)cc1. The molecular weight excluding hydrogens is 278 g/mol. The largest absolute Gasteiger partial charge is 0.497 e. The second-order valence-corrected chi connectivity index (χ2v) is 4.83. The van der Waals surface area contributed by atoms with Crippen LogP contribution in [0.15, 0.2) is 42.5 Å². The van der Waals surface area contributed by atoms with Crippen LogP contribution < -0.4 is 19.5 Å². The van der Waals surface area contributed by atoms with E-state index in [1.807, 2.05) is 44.3 Å². The smallest absolute Gasteiger partial charge is 0.127 e. The molecule has 0 fully saturated rings. The van der Waals surface area contributed by atoms with Crippen molar-refractivity contribution in [1.29, 1.82) is 0 Å². The number of ether oxygens (including phenoxy) is 3. The van der Waals surface area contributed by atoms with Gasteiger partial charge in [-0.3, -0.25) is 0 Å². The van der Waals surface area contributed by atoms with Crippen LogP contribution in [0.1, 0.15) is 24.1 Å². The summed E-state index contributed by atoms with van der Waals surface area (Å²) in [6.45, 7) is 2.65. The molecule has 0 radical (unpaired) electrons. The third kappa shape index (κ3) is 3.52. The summed E-state index contributed by atoms with van der Waals surface area (Å²) in [4.78, 5) is 0. The molecule has 22 heavy (non-hydrogen) atoms. The summed E-state index contributed by atoms with van der Waals surface area (Å²) < 4.78 is 16.3. The van der Waals surface area contributed by atoms with E-state index < -0.39 is 0 Å². The number of benzene rings is 2. The Bertz CT molecular complexity index is 596. The first-order valence-corrected chi connectivity index (χ1v) is 7.35. The van der Waals surface area contributed by atoms with Crippen molar-refractivity contribution in [2.24, 2.45) is 0 Å². The first-order valence-electron chi connectivity index (χ1n) is 7.35. The normalized spacial score (nSPS) is 11.8. The first-order chi connectivity index (χ1) is 10.7. The molecule has 0 aliphatic rings. The van der Waals surface area contributed by atoms with E-state index >= 15 is 0 Å². The quantitative estimate of drug-likeness (QED) is 0.850. The molecule has 4 heteroatoms. The van der Waals surface area contributed by atoms with Gasteiger partial charge in [-0.1, -0.05) is 12.1 Å². The minimum Gasteiger partial charge on any atom is -0.497 e. The topological polar surface area (TPSA) is 39.7 Å². The van der Waals surface area contributed by atoms with Crippen molar-refractivity contribution in [2.45, 2.75) is 13.0 Å². The maximum absolute atomic E-state index is 5.51. The average molecular weight is 301 g/mol. The van der Waals surface area contributed by atoms with Crippen molar-refractivity contribution in [1.82, 2.24) is 5.32 Å². The molecule has 4 nitrogen and oxygen atoms in total. The van der Waals surface area contributed by atoms with Crippen LogP contribution in [-0.4, -0.2) is 27.9 Å². The second kappa shape index (κ2) is 7.71. The van der Waals surface area contributed by atoms with Gasteiger partial charge in [-0.05, 0) is 43.8 Å². The predicted molar refractivity (Wildman–Crippen MR) is 88.1 cm³/mol. The third-order valence-electron chi connectivity index (χ3n) is 3.56. The summed E-state index contributed by atoms with van der Waals surface area (Å²) in [5.41, 5.74) is 2.21. The highest BCUT2D eigenvalue weighted by Crippen LogP contribution is 2.33. The van der Waals surface area contributed by atoms with E-state index in [2.05, 4.69) is 17.4 Å². The van der Waals surface area contributed by atoms with E-state index in [-0.39, 0.29) is 6.04 Å². The van der Waals surface area contributed by atoms with Crippen LogP contribution in [0, 0.1) is 0 Å². The lowest BCUT2D eigenvalue weighted by Gasteiger charge is -2.20. The van der Waals surface area contributed by atoms with E-state index in [0.29, 0.717) is 6.61 Å². The maximum atomic E-state index is 5.51. The average Bonchev–Trinajstić information content (AvgIpc) is 2.57. The molecule has 0 spiro atoms. The Kier molecular flexibility index (Phi) is 5.67. The molecule has 0 amide bonds. The van der Waals surface area contributed by atoms with Gasteiger partial charge in [0.15, 0.2) is 0 Å². The molecular formula is C18H23NO3. The zero-order chi connectivity index (χ0) is 15.9. The molecule has 0 aromatic heterocycles. The molecule has 0 saturated carbocycles. The van der Waals surface area contributed by atoms with Crippen LogP contribution >= 0.6 is 0 Å². The van der Waals surface area contributed by atoms with Gasteiger partial charge in [-0.15, -0.1) is 0 Å². The summed E-state index contributed by atoms with van der Waals surface area (Å²) in [6, 6.07) is 14.0. The monoisotopic (exact) mass is 301 g/mol. The van der Waals surface area contributed by atoms with Gasteiger partial charge in [-0.2, -0.15) is 0 Å². The Balaban J connectivity index is 2.35. The highest BCUT2D eigenvalue weighted by molar-refractivity contribution is 5.46. The minimum atomic E-state index is 0.0385. The molecule has 0 aliphatic carbocycles.